The molecule has 1 unspecified atom stereocenters. The number of aliphatic carboxylic acids is 1. The number of hydrogen-bond donors (Lipinski definition) is 3. The van der Waals surface area contributed by atoms with Crippen LogP contribution in [0.1, 0.15) is 18.5 Å². The quantitative estimate of drug-likeness (QED) is 0.690. The summed E-state index contributed by atoms with van der Waals surface area (Å²) in [5.74, 6) is -2.07. The summed E-state index contributed by atoms with van der Waals surface area (Å²) in [6.45, 7) is 1.74. The van der Waals surface area contributed by atoms with Crippen molar-refractivity contribution in [3.8, 4) is 0 Å². The molecule has 7 nitrogen and oxygen atoms in total. The van der Waals surface area contributed by atoms with Gasteiger partial charge in [0.2, 0.25) is 0 Å². The molecule has 0 saturated heterocycles. The minimum absolute atomic E-state index is 0.306. The van der Waals surface area contributed by atoms with E-state index >= 15 is 0 Å². The lowest BCUT2D eigenvalue weighted by Gasteiger charge is -2.13. The smallest absolute Gasteiger partial charge is 0.328 e. The second-order valence-corrected chi connectivity index (χ2v) is 3.64. The molecule has 0 spiro atoms. The summed E-state index contributed by atoms with van der Waals surface area (Å²) in [5.41, 5.74) is 0.832. The van der Waals surface area contributed by atoms with Gasteiger partial charge < -0.3 is 10.4 Å². The van der Waals surface area contributed by atoms with Crippen LogP contribution in [0.4, 0.5) is 4.79 Å². The number of rotatable bonds is 4. The summed E-state index contributed by atoms with van der Waals surface area (Å²) in [4.78, 5) is 36.6. The first kappa shape index (κ1) is 14.4. The summed E-state index contributed by atoms with van der Waals surface area (Å²) in [6.07, 6.45) is 4.59. The van der Waals surface area contributed by atoms with Crippen molar-refractivity contribution in [1.82, 2.24) is 15.6 Å². The Balaban J connectivity index is 2.47. The van der Waals surface area contributed by atoms with Crippen LogP contribution in [-0.4, -0.2) is 28.0 Å². The number of urea groups is 1. The fraction of sp³-hybridized carbons (Fsp3) is 0.167. The van der Waals surface area contributed by atoms with Gasteiger partial charge in [0.25, 0.3) is 5.91 Å². The fourth-order valence-corrected chi connectivity index (χ4v) is 1.27. The van der Waals surface area contributed by atoms with Crippen molar-refractivity contribution >= 4 is 17.9 Å². The van der Waals surface area contributed by atoms with Crippen molar-refractivity contribution in [3.63, 3.8) is 0 Å². The average Bonchev–Trinajstić information content (AvgIpc) is 2.37. The van der Waals surface area contributed by atoms with E-state index in [4.69, 9.17) is 5.11 Å². The summed E-state index contributed by atoms with van der Waals surface area (Å²) in [6, 6.07) is 2.46. The third kappa shape index (κ3) is 5.44. The lowest BCUT2D eigenvalue weighted by molar-refractivity contribution is -0.131. The first-order valence-electron chi connectivity index (χ1n) is 5.41. The number of hydrogen-bond acceptors (Lipinski definition) is 4. The zero-order chi connectivity index (χ0) is 14.3. The van der Waals surface area contributed by atoms with Gasteiger partial charge in [0.15, 0.2) is 0 Å². The molecule has 100 valence electrons. The number of carboxylic acid groups (broad SMARTS) is 1. The van der Waals surface area contributed by atoms with E-state index in [9.17, 15) is 14.4 Å². The van der Waals surface area contributed by atoms with Crippen molar-refractivity contribution in [3.05, 3.63) is 42.2 Å². The van der Waals surface area contributed by atoms with Gasteiger partial charge in [0.05, 0.1) is 6.04 Å². The SMILES string of the molecule is CC(NC(=O)NC(=O)/C=C/C(=O)O)c1ccncc1. The Kier molecular flexibility index (Phi) is 5.21. The number of carbonyl (C=O) groups is 3. The van der Waals surface area contributed by atoms with E-state index in [-0.39, 0.29) is 6.04 Å². The molecule has 0 fully saturated rings. The molecule has 1 rings (SSSR count). The molecule has 0 radical (unpaired) electrons. The molecule has 7 heteroatoms. The Morgan fingerprint density at radius 3 is 2.47 bits per heavy atom. The number of carboxylic acids is 1. The Labute approximate surface area is 109 Å². The van der Waals surface area contributed by atoms with E-state index in [0.717, 1.165) is 11.6 Å². The molecule has 3 N–H and O–H groups in total. The number of pyridine rings is 1. The van der Waals surface area contributed by atoms with Crippen LogP contribution < -0.4 is 10.6 Å². The standard InChI is InChI=1S/C12H13N3O4/c1-8(9-4-6-13-7-5-9)14-12(19)15-10(16)2-3-11(17)18/h2-8H,1H3,(H,17,18)(H2,14,15,16,19)/b3-2+. The van der Waals surface area contributed by atoms with E-state index in [1.165, 1.54) is 0 Å². The molecule has 0 aliphatic carbocycles. The molecule has 3 amide bonds. The second kappa shape index (κ2) is 6.90. The molecule has 0 aliphatic heterocycles. The molecule has 0 bridgehead atoms. The average molecular weight is 263 g/mol. The maximum Gasteiger partial charge on any atom is 0.328 e. The van der Waals surface area contributed by atoms with Crippen LogP contribution >= 0.6 is 0 Å². The van der Waals surface area contributed by atoms with Gasteiger partial charge in [0, 0.05) is 24.5 Å². The maximum atomic E-state index is 11.4. The van der Waals surface area contributed by atoms with Crippen LogP contribution in [0.3, 0.4) is 0 Å². The minimum Gasteiger partial charge on any atom is -0.478 e. The number of imide groups is 1. The van der Waals surface area contributed by atoms with E-state index in [0.29, 0.717) is 6.08 Å². The first-order chi connectivity index (χ1) is 8.99. The summed E-state index contributed by atoms with van der Waals surface area (Å²) in [5, 5.41) is 12.8. The van der Waals surface area contributed by atoms with Gasteiger partial charge in [-0.05, 0) is 24.6 Å². The van der Waals surface area contributed by atoms with Crippen LogP contribution in [0.25, 0.3) is 0 Å². The van der Waals surface area contributed by atoms with Crippen molar-refractivity contribution in [2.75, 3.05) is 0 Å². The van der Waals surface area contributed by atoms with E-state index in [1.807, 2.05) is 5.32 Å². The van der Waals surface area contributed by atoms with Gasteiger partial charge in [-0.1, -0.05) is 0 Å². The highest BCUT2D eigenvalue weighted by molar-refractivity contribution is 6.02. The van der Waals surface area contributed by atoms with E-state index < -0.39 is 17.9 Å². The third-order valence-electron chi connectivity index (χ3n) is 2.17. The van der Waals surface area contributed by atoms with Crippen LogP contribution in [0.5, 0.6) is 0 Å². The highest BCUT2D eigenvalue weighted by atomic mass is 16.4. The number of carbonyl (C=O) groups excluding carboxylic acids is 2. The molecule has 0 aromatic carbocycles. The molecule has 19 heavy (non-hydrogen) atoms. The lowest BCUT2D eigenvalue weighted by Crippen LogP contribution is -2.39. The van der Waals surface area contributed by atoms with Crippen molar-refractivity contribution in [2.45, 2.75) is 13.0 Å². The lowest BCUT2D eigenvalue weighted by atomic mass is 10.1. The van der Waals surface area contributed by atoms with Crippen molar-refractivity contribution in [2.24, 2.45) is 0 Å². The van der Waals surface area contributed by atoms with Gasteiger partial charge >= 0.3 is 12.0 Å². The summed E-state index contributed by atoms with van der Waals surface area (Å²) < 4.78 is 0. The molecule has 1 aromatic rings. The largest absolute Gasteiger partial charge is 0.478 e. The zero-order valence-corrected chi connectivity index (χ0v) is 10.2. The topological polar surface area (TPSA) is 108 Å². The van der Waals surface area contributed by atoms with Crippen LogP contribution in [0, 0.1) is 0 Å². The summed E-state index contributed by atoms with van der Waals surface area (Å²) >= 11 is 0. The van der Waals surface area contributed by atoms with Crippen LogP contribution in [0.15, 0.2) is 36.7 Å². The Morgan fingerprint density at radius 1 is 1.26 bits per heavy atom. The monoisotopic (exact) mass is 263 g/mol. The van der Waals surface area contributed by atoms with Gasteiger partial charge in [-0.15, -0.1) is 0 Å². The maximum absolute atomic E-state index is 11.4. The summed E-state index contributed by atoms with van der Waals surface area (Å²) in [7, 11) is 0. The van der Waals surface area contributed by atoms with Crippen molar-refractivity contribution < 1.29 is 19.5 Å². The van der Waals surface area contributed by atoms with E-state index in [2.05, 4.69) is 10.3 Å². The van der Waals surface area contributed by atoms with Gasteiger partial charge in [-0.25, -0.2) is 9.59 Å². The molecular weight excluding hydrogens is 250 g/mol. The van der Waals surface area contributed by atoms with Crippen LogP contribution in [-0.2, 0) is 9.59 Å². The Morgan fingerprint density at radius 2 is 1.89 bits per heavy atom. The van der Waals surface area contributed by atoms with E-state index in [1.54, 1.807) is 31.5 Å². The molecule has 0 saturated carbocycles. The molecule has 1 atom stereocenters. The number of nitrogens with zero attached hydrogens (tertiary/aromatic N) is 1. The minimum atomic E-state index is -1.26. The van der Waals surface area contributed by atoms with Gasteiger partial charge in [-0.3, -0.25) is 15.1 Å². The molecular formula is C12H13N3O4. The molecule has 1 aromatic heterocycles. The predicted molar refractivity (Wildman–Crippen MR) is 66.1 cm³/mol. The zero-order valence-electron chi connectivity index (χ0n) is 10.2. The fourth-order valence-electron chi connectivity index (χ4n) is 1.27. The van der Waals surface area contributed by atoms with Crippen molar-refractivity contribution in [1.29, 1.82) is 0 Å². The highest BCUT2D eigenvalue weighted by Gasteiger charge is 2.10. The first-order valence-corrected chi connectivity index (χ1v) is 5.41. The highest BCUT2D eigenvalue weighted by Crippen LogP contribution is 2.09. The Bertz CT molecular complexity index is 499. The molecule has 0 aliphatic rings. The number of nitrogens with one attached hydrogen (secondary N) is 2. The number of amides is 3. The normalized spacial score (nSPS) is 11.8. The predicted octanol–water partition coefficient (Wildman–Crippen LogP) is 0.609. The van der Waals surface area contributed by atoms with Gasteiger partial charge in [0.1, 0.15) is 0 Å². The Hall–Kier alpha value is -2.70. The van der Waals surface area contributed by atoms with Crippen LogP contribution in [0.2, 0.25) is 0 Å². The number of aromatic nitrogens is 1. The van der Waals surface area contributed by atoms with Gasteiger partial charge in [-0.2, -0.15) is 0 Å². The third-order valence-corrected chi connectivity index (χ3v) is 2.17. The molecule has 1 heterocycles. The second-order valence-electron chi connectivity index (χ2n) is 3.64.